The summed E-state index contributed by atoms with van der Waals surface area (Å²) in [5.74, 6) is 0.776. The molecule has 0 saturated carbocycles. The van der Waals surface area contributed by atoms with Crippen molar-refractivity contribution in [3.8, 4) is 0 Å². The molecule has 0 unspecified atom stereocenters. The van der Waals surface area contributed by atoms with Gasteiger partial charge in [-0.3, -0.25) is 4.79 Å². The third kappa shape index (κ3) is 5.03. The first-order valence-corrected chi connectivity index (χ1v) is 5.96. The van der Waals surface area contributed by atoms with Gasteiger partial charge in [0.15, 0.2) is 0 Å². The van der Waals surface area contributed by atoms with E-state index in [2.05, 4.69) is 48.3 Å². The van der Waals surface area contributed by atoms with Gasteiger partial charge in [0, 0.05) is 19.2 Å². The van der Waals surface area contributed by atoms with E-state index in [9.17, 15) is 4.79 Å². The summed E-state index contributed by atoms with van der Waals surface area (Å²) in [4.78, 5) is 10.6. The molecular formula is C13H17NOS. The zero-order valence-corrected chi connectivity index (χ0v) is 10.3. The molecule has 16 heavy (non-hydrogen) atoms. The minimum Gasteiger partial charge on any atom is -0.356 e. The van der Waals surface area contributed by atoms with Crippen LogP contribution in [-0.2, 0) is 10.5 Å². The van der Waals surface area contributed by atoms with E-state index in [1.807, 2.05) is 6.07 Å². The van der Waals surface area contributed by atoms with Crippen molar-refractivity contribution in [2.45, 2.75) is 19.1 Å². The molecule has 0 spiro atoms. The number of carbonyl (C=O) groups excluding carboxylic acids is 1. The molecule has 0 saturated heterocycles. The van der Waals surface area contributed by atoms with Crippen molar-refractivity contribution >= 4 is 24.6 Å². The molecule has 1 N–H and O–H groups in total. The molecule has 0 aliphatic heterocycles. The lowest BCUT2D eigenvalue weighted by Crippen LogP contribution is -2.20. The highest BCUT2D eigenvalue weighted by Gasteiger charge is 1.91. The normalized spacial score (nSPS) is 10.6. The Kier molecular flexibility index (Phi) is 5.72. The molecule has 1 amide bonds. The van der Waals surface area contributed by atoms with Crippen molar-refractivity contribution in [3.05, 3.63) is 41.5 Å². The molecule has 0 atom stereocenters. The van der Waals surface area contributed by atoms with Gasteiger partial charge in [-0.05, 0) is 17.5 Å². The first-order chi connectivity index (χ1) is 7.72. The van der Waals surface area contributed by atoms with Crippen LogP contribution in [0.4, 0.5) is 0 Å². The van der Waals surface area contributed by atoms with Crippen molar-refractivity contribution in [2.75, 3.05) is 6.54 Å². The van der Waals surface area contributed by atoms with Crippen molar-refractivity contribution < 1.29 is 4.79 Å². The maximum Gasteiger partial charge on any atom is 0.216 e. The Balaban J connectivity index is 2.40. The molecule has 0 fully saturated rings. The smallest absolute Gasteiger partial charge is 0.216 e. The average Bonchev–Trinajstić information content (AvgIpc) is 2.28. The summed E-state index contributed by atoms with van der Waals surface area (Å²) in [6.07, 6.45) is 4.98. The summed E-state index contributed by atoms with van der Waals surface area (Å²) in [6.45, 7) is 2.22. The van der Waals surface area contributed by atoms with Crippen molar-refractivity contribution in [3.63, 3.8) is 0 Å². The fourth-order valence-corrected chi connectivity index (χ4v) is 1.54. The van der Waals surface area contributed by atoms with E-state index < -0.39 is 0 Å². The monoisotopic (exact) mass is 235 g/mol. The highest BCUT2D eigenvalue weighted by molar-refractivity contribution is 7.79. The molecule has 86 valence electrons. The molecule has 0 radical (unpaired) electrons. The van der Waals surface area contributed by atoms with Gasteiger partial charge in [0.1, 0.15) is 0 Å². The highest BCUT2D eigenvalue weighted by atomic mass is 32.1. The standard InChI is InChI=1S/C13H17NOS/c1-11(15)14-8-3-2-5-12-6-4-7-13(9-12)10-16/h2,4-7,9,16H,3,8,10H2,1H3,(H,14,15). The quantitative estimate of drug-likeness (QED) is 0.596. The van der Waals surface area contributed by atoms with Gasteiger partial charge in [-0.15, -0.1) is 0 Å². The first-order valence-electron chi connectivity index (χ1n) is 5.33. The Hall–Kier alpha value is -1.22. The van der Waals surface area contributed by atoms with Gasteiger partial charge < -0.3 is 5.32 Å². The Bertz CT molecular complexity index is 374. The van der Waals surface area contributed by atoms with Crippen molar-refractivity contribution in [1.82, 2.24) is 5.32 Å². The van der Waals surface area contributed by atoms with Crippen LogP contribution in [0.3, 0.4) is 0 Å². The van der Waals surface area contributed by atoms with Crippen LogP contribution >= 0.6 is 12.6 Å². The molecule has 0 bridgehead atoms. The number of hydrogen-bond acceptors (Lipinski definition) is 2. The maximum atomic E-state index is 10.6. The van der Waals surface area contributed by atoms with E-state index in [-0.39, 0.29) is 5.91 Å². The topological polar surface area (TPSA) is 29.1 Å². The third-order valence-corrected chi connectivity index (χ3v) is 2.49. The van der Waals surface area contributed by atoms with Gasteiger partial charge in [-0.2, -0.15) is 12.6 Å². The highest BCUT2D eigenvalue weighted by Crippen LogP contribution is 2.09. The lowest BCUT2D eigenvalue weighted by atomic mass is 10.1. The van der Waals surface area contributed by atoms with E-state index in [1.165, 1.54) is 18.1 Å². The largest absolute Gasteiger partial charge is 0.356 e. The predicted molar refractivity (Wildman–Crippen MR) is 71.5 cm³/mol. The number of thiol groups is 1. The van der Waals surface area contributed by atoms with Crippen LogP contribution in [0.25, 0.3) is 6.08 Å². The van der Waals surface area contributed by atoms with Gasteiger partial charge in [-0.1, -0.05) is 36.4 Å². The third-order valence-electron chi connectivity index (χ3n) is 2.13. The molecule has 0 aliphatic rings. The van der Waals surface area contributed by atoms with E-state index in [0.717, 1.165) is 12.2 Å². The molecular weight excluding hydrogens is 218 g/mol. The zero-order chi connectivity index (χ0) is 11.8. The Morgan fingerprint density at radius 3 is 3.00 bits per heavy atom. The van der Waals surface area contributed by atoms with E-state index in [0.29, 0.717) is 6.54 Å². The van der Waals surface area contributed by atoms with Crippen LogP contribution in [0.15, 0.2) is 30.3 Å². The molecule has 1 aromatic rings. The second-order valence-electron chi connectivity index (χ2n) is 3.58. The molecule has 1 rings (SSSR count). The number of benzene rings is 1. The van der Waals surface area contributed by atoms with Crippen LogP contribution in [0.5, 0.6) is 0 Å². The minimum absolute atomic E-state index is 0.0190. The molecule has 1 aromatic carbocycles. The molecule has 0 aromatic heterocycles. The van der Waals surface area contributed by atoms with Gasteiger partial charge in [0.2, 0.25) is 5.91 Å². The van der Waals surface area contributed by atoms with Crippen LogP contribution in [0, 0.1) is 0 Å². The number of carbonyl (C=O) groups is 1. The second-order valence-corrected chi connectivity index (χ2v) is 3.89. The number of nitrogens with one attached hydrogen (secondary N) is 1. The van der Waals surface area contributed by atoms with E-state index in [4.69, 9.17) is 0 Å². The van der Waals surface area contributed by atoms with Gasteiger partial charge in [0.05, 0.1) is 0 Å². The molecule has 3 heteroatoms. The van der Waals surface area contributed by atoms with E-state index in [1.54, 1.807) is 0 Å². The van der Waals surface area contributed by atoms with Gasteiger partial charge >= 0.3 is 0 Å². The predicted octanol–water partition coefficient (Wildman–Crippen LogP) is 2.66. The van der Waals surface area contributed by atoms with Crippen molar-refractivity contribution in [1.29, 1.82) is 0 Å². The fraction of sp³-hybridized carbons (Fsp3) is 0.308. The Morgan fingerprint density at radius 1 is 1.50 bits per heavy atom. The SMILES string of the molecule is CC(=O)NCCC=Cc1cccc(CS)c1. The van der Waals surface area contributed by atoms with E-state index >= 15 is 0 Å². The summed E-state index contributed by atoms with van der Waals surface area (Å²) in [5, 5.41) is 2.75. The second kappa shape index (κ2) is 7.12. The van der Waals surface area contributed by atoms with Crippen LogP contribution < -0.4 is 5.32 Å². The maximum absolute atomic E-state index is 10.6. The first kappa shape index (κ1) is 12.8. The number of rotatable bonds is 5. The fourth-order valence-electron chi connectivity index (χ4n) is 1.35. The van der Waals surface area contributed by atoms with Gasteiger partial charge in [0.25, 0.3) is 0 Å². The lowest BCUT2D eigenvalue weighted by molar-refractivity contribution is -0.118. The summed E-state index contributed by atoms with van der Waals surface area (Å²) in [7, 11) is 0. The molecule has 0 aliphatic carbocycles. The van der Waals surface area contributed by atoms with Crippen LogP contribution in [-0.4, -0.2) is 12.5 Å². The Morgan fingerprint density at radius 2 is 2.31 bits per heavy atom. The number of amides is 1. The molecule has 0 heterocycles. The van der Waals surface area contributed by atoms with Crippen LogP contribution in [0.2, 0.25) is 0 Å². The summed E-state index contributed by atoms with van der Waals surface area (Å²) >= 11 is 4.23. The minimum atomic E-state index is 0.0190. The average molecular weight is 235 g/mol. The zero-order valence-electron chi connectivity index (χ0n) is 9.44. The summed E-state index contributed by atoms with van der Waals surface area (Å²) in [5.41, 5.74) is 2.39. The summed E-state index contributed by atoms with van der Waals surface area (Å²) in [6, 6.07) is 8.25. The molecule has 2 nitrogen and oxygen atoms in total. The lowest BCUT2D eigenvalue weighted by Gasteiger charge is -1.99. The summed E-state index contributed by atoms with van der Waals surface area (Å²) < 4.78 is 0. The van der Waals surface area contributed by atoms with Crippen molar-refractivity contribution in [2.24, 2.45) is 0 Å². The van der Waals surface area contributed by atoms with Crippen LogP contribution in [0.1, 0.15) is 24.5 Å². The Labute approximate surface area is 102 Å². The number of hydrogen-bond donors (Lipinski definition) is 2. The van der Waals surface area contributed by atoms with Gasteiger partial charge in [-0.25, -0.2) is 0 Å².